The summed E-state index contributed by atoms with van der Waals surface area (Å²) in [6.45, 7) is 7.34. The molecule has 0 unspecified atom stereocenters. The van der Waals surface area contributed by atoms with Crippen LogP contribution in [0.1, 0.15) is 11.5 Å². The van der Waals surface area contributed by atoms with E-state index in [4.69, 9.17) is 28.0 Å². The Kier molecular flexibility index (Phi) is 10.2. The molecule has 4 rings (SSSR count). The molecule has 0 spiro atoms. The van der Waals surface area contributed by atoms with Crippen molar-refractivity contribution in [1.82, 2.24) is 18.9 Å². The van der Waals surface area contributed by atoms with Crippen LogP contribution in [0.25, 0.3) is 22.5 Å². The van der Waals surface area contributed by atoms with Crippen molar-refractivity contribution in [2.24, 2.45) is 0 Å². The van der Waals surface area contributed by atoms with Crippen LogP contribution >= 0.6 is 0 Å². The van der Waals surface area contributed by atoms with Crippen LogP contribution in [0.5, 0.6) is 23.0 Å². The Morgan fingerprint density at radius 1 is 0.674 bits per heavy atom. The number of aromatic nitrogens is 2. The molecule has 13 heteroatoms. The van der Waals surface area contributed by atoms with Crippen molar-refractivity contribution in [3.05, 3.63) is 85.4 Å². The zero-order valence-corrected chi connectivity index (χ0v) is 25.3. The molecule has 0 saturated heterocycles. The summed E-state index contributed by atoms with van der Waals surface area (Å²) >= 11 is 0. The van der Waals surface area contributed by atoms with E-state index in [2.05, 4.69) is 23.5 Å². The summed E-state index contributed by atoms with van der Waals surface area (Å²) in [6.07, 6.45) is 3.00. The lowest BCUT2D eigenvalue weighted by atomic mass is 10.1. The van der Waals surface area contributed by atoms with E-state index in [-0.39, 0.29) is 26.2 Å². The highest BCUT2D eigenvalue weighted by Gasteiger charge is 2.31. The maximum atomic E-state index is 13.9. The SMILES string of the molecule is C=CCN(Cc1cc(-c2ccc(OC)c(OC)c2)no1)S(=O)(=O)N(CC=C)Cc1cc(-c2ccc(OC)c(OC)c2)no1. The van der Waals surface area contributed by atoms with Gasteiger partial charge in [0, 0.05) is 36.3 Å². The third-order valence-electron chi connectivity index (χ3n) is 6.46. The summed E-state index contributed by atoms with van der Waals surface area (Å²) in [4.78, 5) is 0. The molecule has 0 radical (unpaired) electrons. The Balaban J connectivity index is 1.55. The normalized spacial score (nSPS) is 11.5. The first-order valence-corrected chi connectivity index (χ1v) is 14.5. The summed E-state index contributed by atoms with van der Waals surface area (Å²) in [6, 6.07) is 14.0. The summed E-state index contributed by atoms with van der Waals surface area (Å²) in [7, 11) is 2.12. The summed E-state index contributed by atoms with van der Waals surface area (Å²) in [5.41, 5.74) is 2.46. The zero-order valence-electron chi connectivity index (χ0n) is 24.5. The highest BCUT2D eigenvalue weighted by atomic mass is 32.2. The largest absolute Gasteiger partial charge is 0.493 e. The van der Waals surface area contributed by atoms with E-state index in [9.17, 15) is 8.42 Å². The molecule has 0 saturated carbocycles. The third-order valence-corrected chi connectivity index (χ3v) is 8.32. The molecule has 2 heterocycles. The maximum Gasteiger partial charge on any atom is 0.283 e. The minimum absolute atomic E-state index is 0.0235. The summed E-state index contributed by atoms with van der Waals surface area (Å²) < 4.78 is 62.5. The van der Waals surface area contributed by atoms with Gasteiger partial charge in [-0.2, -0.15) is 17.0 Å². The van der Waals surface area contributed by atoms with E-state index in [1.165, 1.54) is 20.8 Å². The molecule has 0 fully saturated rings. The van der Waals surface area contributed by atoms with Crippen molar-refractivity contribution in [3.63, 3.8) is 0 Å². The summed E-state index contributed by atoms with van der Waals surface area (Å²) in [5.74, 6) is 2.88. The van der Waals surface area contributed by atoms with Gasteiger partial charge >= 0.3 is 0 Å². The fourth-order valence-electron chi connectivity index (χ4n) is 4.32. The van der Waals surface area contributed by atoms with Crippen LogP contribution in [-0.4, -0.2) is 68.9 Å². The molecule has 2 aromatic heterocycles. The number of benzene rings is 2. The van der Waals surface area contributed by atoms with Crippen molar-refractivity contribution >= 4 is 10.2 Å². The molecule has 2 aromatic carbocycles. The molecular weight excluding hydrogens is 576 g/mol. The number of methoxy groups -OCH3 is 4. The van der Waals surface area contributed by atoms with Gasteiger partial charge in [-0.3, -0.25) is 0 Å². The predicted octanol–water partition coefficient (Wildman–Crippen LogP) is 4.95. The molecule has 0 aliphatic rings. The quantitative estimate of drug-likeness (QED) is 0.161. The second-order valence-corrected chi connectivity index (χ2v) is 11.1. The van der Waals surface area contributed by atoms with Gasteiger partial charge in [0.2, 0.25) is 0 Å². The molecule has 12 nitrogen and oxygen atoms in total. The van der Waals surface area contributed by atoms with E-state index < -0.39 is 10.2 Å². The van der Waals surface area contributed by atoms with Gasteiger partial charge in [0.15, 0.2) is 34.5 Å². The lowest BCUT2D eigenvalue weighted by Gasteiger charge is -2.27. The van der Waals surface area contributed by atoms with Gasteiger partial charge in [0.1, 0.15) is 11.4 Å². The molecule has 0 bridgehead atoms. The van der Waals surface area contributed by atoms with Gasteiger partial charge in [-0.25, -0.2) is 0 Å². The first-order valence-electron chi connectivity index (χ1n) is 13.1. The minimum Gasteiger partial charge on any atom is -0.493 e. The molecule has 4 aromatic rings. The Labute approximate surface area is 250 Å². The summed E-state index contributed by atoms with van der Waals surface area (Å²) in [5, 5.41) is 8.26. The lowest BCUT2D eigenvalue weighted by molar-refractivity contribution is 0.294. The Morgan fingerprint density at radius 3 is 1.42 bits per heavy atom. The molecular formula is C30H34N4O8S. The van der Waals surface area contributed by atoms with Crippen LogP contribution in [0.15, 0.2) is 82.9 Å². The first-order chi connectivity index (χ1) is 20.8. The third kappa shape index (κ3) is 7.08. The highest BCUT2D eigenvalue weighted by Crippen LogP contribution is 2.33. The van der Waals surface area contributed by atoms with Crippen molar-refractivity contribution in [3.8, 4) is 45.5 Å². The first kappa shape index (κ1) is 31.3. The van der Waals surface area contributed by atoms with Crippen molar-refractivity contribution in [2.45, 2.75) is 13.1 Å². The van der Waals surface area contributed by atoms with E-state index >= 15 is 0 Å². The number of hydrogen-bond acceptors (Lipinski definition) is 10. The Bertz CT molecular complexity index is 1550. The van der Waals surface area contributed by atoms with Crippen LogP contribution in [-0.2, 0) is 23.3 Å². The number of hydrogen-bond donors (Lipinski definition) is 0. The monoisotopic (exact) mass is 610 g/mol. The van der Waals surface area contributed by atoms with E-state index in [0.29, 0.717) is 45.9 Å². The van der Waals surface area contributed by atoms with Gasteiger partial charge in [-0.05, 0) is 36.4 Å². The van der Waals surface area contributed by atoms with Crippen molar-refractivity contribution in [1.29, 1.82) is 0 Å². The Hall–Kier alpha value is -4.59. The Morgan fingerprint density at radius 2 is 1.07 bits per heavy atom. The second-order valence-electron chi connectivity index (χ2n) is 9.17. The zero-order chi connectivity index (χ0) is 31.0. The topological polar surface area (TPSA) is 130 Å². The fraction of sp³-hybridized carbons (Fsp3) is 0.267. The van der Waals surface area contributed by atoms with Gasteiger partial charge in [-0.15, -0.1) is 13.2 Å². The lowest BCUT2D eigenvalue weighted by Crippen LogP contribution is -2.43. The molecule has 0 atom stereocenters. The molecule has 0 aliphatic carbocycles. The number of ether oxygens (including phenoxy) is 4. The molecule has 0 amide bonds. The van der Waals surface area contributed by atoms with Crippen LogP contribution < -0.4 is 18.9 Å². The van der Waals surface area contributed by atoms with Crippen LogP contribution in [0.4, 0.5) is 0 Å². The van der Waals surface area contributed by atoms with Gasteiger partial charge < -0.3 is 28.0 Å². The number of rotatable bonds is 16. The molecule has 228 valence electrons. The molecule has 0 N–H and O–H groups in total. The standard InChI is InChI=1S/C30H34N4O8S/c1-7-13-33(19-23-17-25(31-41-23)21-9-11-27(37-3)29(15-21)39-5)43(35,36)34(14-8-2)20-24-18-26(32-42-24)22-10-12-28(38-4)30(16-22)40-6/h7-12,15-18H,1-2,13-14,19-20H2,3-6H3. The van der Waals surface area contributed by atoms with Crippen molar-refractivity contribution < 1.29 is 36.4 Å². The smallest absolute Gasteiger partial charge is 0.283 e. The molecule has 43 heavy (non-hydrogen) atoms. The van der Waals surface area contributed by atoms with Crippen LogP contribution in [0.2, 0.25) is 0 Å². The van der Waals surface area contributed by atoms with Gasteiger partial charge in [0.05, 0.1) is 41.5 Å². The highest BCUT2D eigenvalue weighted by molar-refractivity contribution is 7.86. The minimum atomic E-state index is -4.06. The fourth-order valence-corrected chi connectivity index (χ4v) is 5.81. The van der Waals surface area contributed by atoms with Crippen molar-refractivity contribution in [2.75, 3.05) is 41.5 Å². The van der Waals surface area contributed by atoms with E-state index in [0.717, 1.165) is 11.1 Å². The van der Waals surface area contributed by atoms with Crippen LogP contribution in [0, 0.1) is 0 Å². The molecule has 0 aliphatic heterocycles. The maximum absolute atomic E-state index is 13.9. The van der Waals surface area contributed by atoms with E-state index in [1.807, 2.05) is 0 Å². The van der Waals surface area contributed by atoms with Gasteiger partial charge in [0.25, 0.3) is 10.2 Å². The van der Waals surface area contributed by atoms with Crippen LogP contribution in [0.3, 0.4) is 0 Å². The number of nitrogens with zero attached hydrogens (tertiary/aromatic N) is 4. The second kappa shape index (κ2) is 14.1. The average Bonchev–Trinajstić information content (AvgIpc) is 3.70. The average molecular weight is 611 g/mol. The predicted molar refractivity (Wildman–Crippen MR) is 160 cm³/mol. The van der Waals surface area contributed by atoms with E-state index in [1.54, 1.807) is 77.0 Å². The van der Waals surface area contributed by atoms with Gasteiger partial charge in [-0.1, -0.05) is 22.5 Å².